The third-order valence-electron chi connectivity index (χ3n) is 4.78. The zero-order chi connectivity index (χ0) is 21.6. The predicted molar refractivity (Wildman–Crippen MR) is 116 cm³/mol. The Balaban J connectivity index is 2.19. The van der Waals surface area contributed by atoms with E-state index in [0.717, 1.165) is 16.7 Å². The Morgan fingerprint density at radius 2 is 1.59 bits per heavy atom. The summed E-state index contributed by atoms with van der Waals surface area (Å²) >= 11 is 12.1. The van der Waals surface area contributed by atoms with Gasteiger partial charge in [0.1, 0.15) is 36.9 Å². The van der Waals surface area contributed by atoms with Gasteiger partial charge in [0.2, 0.25) is 0 Å². The third-order valence-corrected chi connectivity index (χ3v) is 5.42. The van der Waals surface area contributed by atoms with Gasteiger partial charge in [0.05, 0.1) is 17.5 Å². The quantitative estimate of drug-likeness (QED) is 0.489. The van der Waals surface area contributed by atoms with Crippen molar-refractivity contribution in [3.8, 4) is 11.5 Å². The molecule has 2 unspecified atom stereocenters. The lowest BCUT2D eigenvalue weighted by Crippen LogP contribution is -2.22. The van der Waals surface area contributed by atoms with Crippen LogP contribution in [0.2, 0.25) is 5.02 Å². The minimum atomic E-state index is -0.900. The Morgan fingerprint density at radius 1 is 0.966 bits per heavy atom. The Labute approximate surface area is 181 Å². The molecule has 2 atom stereocenters. The smallest absolute Gasteiger partial charge is 0.140 e. The highest BCUT2D eigenvalue weighted by Crippen LogP contribution is 2.38. The fraction of sp³-hybridized carbons (Fsp3) is 0.455. The normalized spacial score (nSPS) is 13.8. The number of aliphatic hydroxyl groups excluding tert-OH is 3. The number of hydrogen-bond acceptors (Lipinski definition) is 5. The van der Waals surface area contributed by atoms with Crippen molar-refractivity contribution in [2.75, 3.05) is 25.7 Å². The molecule has 0 radical (unpaired) electrons. The summed E-state index contributed by atoms with van der Waals surface area (Å²) in [7, 11) is 0. The number of rotatable bonds is 10. The number of halogens is 2. The van der Waals surface area contributed by atoms with Gasteiger partial charge in [-0.15, -0.1) is 11.6 Å². The lowest BCUT2D eigenvalue weighted by Gasteiger charge is -2.28. The summed E-state index contributed by atoms with van der Waals surface area (Å²) in [5.41, 5.74) is 2.63. The molecule has 2 aromatic rings. The molecular formula is C22H28Cl2O5. The molecule has 0 saturated carbocycles. The van der Waals surface area contributed by atoms with Crippen LogP contribution in [0.15, 0.2) is 36.4 Å². The minimum Gasteiger partial charge on any atom is -0.491 e. The van der Waals surface area contributed by atoms with Crippen LogP contribution in [-0.4, -0.2) is 53.2 Å². The molecule has 0 aliphatic carbocycles. The van der Waals surface area contributed by atoms with Crippen molar-refractivity contribution in [3.63, 3.8) is 0 Å². The maximum Gasteiger partial charge on any atom is 0.140 e. The van der Waals surface area contributed by atoms with Crippen molar-refractivity contribution >= 4 is 23.2 Å². The van der Waals surface area contributed by atoms with Gasteiger partial charge in [0, 0.05) is 5.41 Å². The Bertz CT molecular complexity index is 769. The Kier molecular flexibility index (Phi) is 8.61. The molecule has 5 nitrogen and oxygen atoms in total. The van der Waals surface area contributed by atoms with Gasteiger partial charge in [-0.1, -0.05) is 43.6 Å². The highest BCUT2D eigenvalue weighted by molar-refractivity contribution is 6.32. The monoisotopic (exact) mass is 442 g/mol. The lowest BCUT2D eigenvalue weighted by atomic mass is 9.77. The van der Waals surface area contributed by atoms with E-state index in [9.17, 15) is 10.2 Å². The molecule has 0 heterocycles. The van der Waals surface area contributed by atoms with Crippen LogP contribution in [0.25, 0.3) is 0 Å². The number of aryl methyl sites for hydroxylation is 1. The zero-order valence-corrected chi connectivity index (χ0v) is 18.4. The van der Waals surface area contributed by atoms with E-state index in [0.29, 0.717) is 16.5 Å². The van der Waals surface area contributed by atoms with Crippen LogP contribution in [0.3, 0.4) is 0 Å². The van der Waals surface area contributed by atoms with Gasteiger partial charge >= 0.3 is 0 Å². The van der Waals surface area contributed by atoms with Crippen LogP contribution < -0.4 is 9.47 Å². The maximum atomic E-state index is 9.60. The second-order valence-electron chi connectivity index (χ2n) is 7.52. The van der Waals surface area contributed by atoms with Crippen molar-refractivity contribution in [1.29, 1.82) is 0 Å². The Morgan fingerprint density at radius 3 is 2.14 bits per heavy atom. The molecule has 2 aromatic carbocycles. The van der Waals surface area contributed by atoms with Gasteiger partial charge in [-0.25, -0.2) is 0 Å². The van der Waals surface area contributed by atoms with Crippen LogP contribution in [0, 0.1) is 6.92 Å². The molecule has 7 heteroatoms. The summed E-state index contributed by atoms with van der Waals surface area (Å²) in [4.78, 5) is 0. The summed E-state index contributed by atoms with van der Waals surface area (Å²) in [5.74, 6) is 1.26. The van der Waals surface area contributed by atoms with Crippen molar-refractivity contribution in [2.45, 2.75) is 38.4 Å². The van der Waals surface area contributed by atoms with Crippen molar-refractivity contribution in [1.82, 2.24) is 0 Å². The van der Waals surface area contributed by atoms with Gasteiger partial charge in [-0.3, -0.25) is 0 Å². The third kappa shape index (κ3) is 6.24. The van der Waals surface area contributed by atoms with E-state index < -0.39 is 12.2 Å². The molecule has 0 spiro atoms. The first kappa shape index (κ1) is 23.8. The summed E-state index contributed by atoms with van der Waals surface area (Å²) in [6, 6.07) is 11.5. The van der Waals surface area contributed by atoms with Crippen LogP contribution in [-0.2, 0) is 5.41 Å². The second kappa shape index (κ2) is 10.5. The second-order valence-corrected chi connectivity index (χ2v) is 8.24. The maximum absolute atomic E-state index is 9.60. The summed E-state index contributed by atoms with van der Waals surface area (Å²) in [6.45, 7) is 5.89. The number of ether oxygens (including phenoxy) is 2. The van der Waals surface area contributed by atoms with E-state index in [1.54, 1.807) is 0 Å². The predicted octanol–water partition coefficient (Wildman–Crippen LogP) is 3.68. The van der Waals surface area contributed by atoms with Gasteiger partial charge in [-0.2, -0.15) is 0 Å². The largest absolute Gasteiger partial charge is 0.491 e. The zero-order valence-electron chi connectivity index (χ0n) is 16.9. The van der Waals surface area contributed by atoms with Gasteiger partial charge < -0.3 is 24.8 Å². The number of alkyl halides is 1. The summed E-state index contributed by atoms with van der Waals surface area (Å²) < 4.78 is 11.1. The van der Waals surface area contributed by atoms with Gasteiger partial charge in [0.15, 0.2) is 0 Å². The fourth-order valence-electron chi connectivity index (χ4n) is 2.88. The van der Waals surface area contributed by atoms with Crippen LogP contribution in [0.5, 0.6) is 11.5 Å². The molecule has 0 fully saturated rings. The first-order valence-corrected chi connectivity index (χ1v) is 10.3. The van der Waals surface area contributed by atoms with E-state index in [-0.39, 0.29) is 31.1 Å². The molecular weight excluding hydrogens is 415 g/mol. The highest BCUT2D eigenvalue weighted by Gasteiger charge is 2.25. The summed E-state index contributed by atoms with van der Waals surface area (Å²) in [6.07, 6.45) is -1.65. The molecule has 0 amide bonds. The number of hydrogen-bond donors (Lipinski definition) is 3. The number of aliphatic hydroxyl groups is 3. The van der Waals surface area contributed by atoms with E-state index in [1.807, 2.05) is 43.3 Å². The van der Waals surface area contributed by atoms with Crippen molar-refractivity contribution in [3.05, 3.63) is 58.1 Å². The number of benzene rings is 2. The Hall–Kier alpha value is -1.50. The molecule has 3 N–H and O–H groups in total. The first-order chi connectivity index (χ1) is 13.7. The standard InChI is InChI=1S/C22H28Cl2O5/c1-14-8-16(9-20(24)21(14)29-12-17(26)10-23)22(2,3)15-4-6-19(7-5-15)28-13-18(27)11-25/h4-9,17-18,25-27H,10-13H2,1-3H3. The molecule has 0 aliphatic heterocycles. The molecule has 0 aliphatic rings. The average molecular weight is 443 g/mol. The SMILES string of the molecule is Cc1cc(C(C)(C)c2ccc(OCC(O)CO)cc2)cc(Cl)c1OCC(O)CCl. The van der Waals surface area contributed by atoms with Gasteiger partial charge in [0.25, 0.3) is 0 Å². The van der Waals surface area contributed by atoms with Gasteiger partial charge in [-0.05, 0) is 41.8 Å². The van der Waals surface area contributed by atoms with Crippen LogP contribution in [0.1, 0.15) is 30.5 Å². The fourth-order valence-corrected chi connectivity index (χ4v) is 3.29. The molecule has 0 saturated heterocycles. The van der Waals surface area contributed by atoms with E-state index in [1.165, 1.54) is 0 Å². The molecule has 29 heavy (non-hydrogen) atoms. The van der Waals surface area contributed by atoms with Crippen molar-refractivity contribution < 1.29 is 24.8 Å². The molecule has 160 valence electrons. The van der Waals surface area contributed by atoms with E-state index in [2.05, 4.69) is 13.8 Å². The van der Waals surface area contributed by atoms with Crippen molar-refractivity contribution in [2.24, 2.45) is 0 Å². The first-order valence-electron chi connectivity index (χ1n) is 9.38. The van der Waals surface area contributed by atoms with E-state index in [4.69, 9.17) is 37.8 Å². The molecule has 0 bridgehead atoms. The lowest BCUT2D eigenvalue weighted by molar-refractivity contribution is 0.0536. The molecule has 2 rings (SSSR count). The van der Waals surface area contributed by atoms with Crippen LogP contribution >= 0.6 is 23.2 Å². The topological polar surface area (TPSA) is 79.2 Å². The minimum absolute atomic E-state index is 0.0356. The summed E-state index contributed by atoms with van der Waals surface area (Å²) in [5, 5.41) is 28.3. The van der Waals surface area contributed by atoms with Crippen LogP contribution in [0.4, 0.5) is 0 Å². The molecule has 0 aromatic heterocycles. The average Bonchev–Trinajstić information content (AvgIpc) is 2.71. The highest BCUT2D eigenvalue weighted by atomic mass is 35.5. The van der Waals surface area contributed by atoms with E-state index >= 15 is 0 Å².